The van der Waals surface area contributed by atoms with Crippen molar-refractivity contribution >= 4 is 91.9 Å². The molecule has 2 nitrogen and oxygen atoms in total. The van der Waals surface area contributed by atoms with Gasteiger partial charge in [0.2, 0.25) is 0 Å². The second-order valence-corrected chi connectivity index (χ2v) is 23.6. The molecule has 18 rings (SSSR count). The zero-order valence-electron chi connectivity index (χ0n) is 45.7. The zero-order valence-corrected chi connectivity index (χ0v) is 46.5. The number of anilines is 3. The molecule has 0 atom stereocenters. The molecule has 3 heteroatoms. The van der Waals surface area contributed by atoms with Crippen LogP contribution in [0.25, 0.3) is 125 Å². The third kappa shape index (κ3) is 6.73. The molecule has 390 valence electrons. The standard InChI is InChI=1S/C81H50N2S/c1-2-18-51(19-3-1)52-36-41-57(42-37-52)82(58-43-38-54(39-44-58)61-29-16-22-53-20-4-6-23-60(53)61)59-45-46-68-67-28-11-15-35-75(67)83(76(68)50-59)77-49-55-21-5-7-24-63(55)80-78(77)69-31-17-30-62(79(69)84-80)56-40-47-74-70(48-56)66-27-10-14-34-73(66)81(74)71-32-12-8-25-64(71)65-26-9-13-33-72(65)81/h1-50H. The van der Waals surface area contributed by atoms with Crippen LogP contribution in [0.15, 0.2) is 303 Å². The van der Waals surface area contributed by atoms with Crippen LogP contribution in [0.3, 0.4) is 0 Å². The van der Waals surface area contributed by atoms with Crippen molar-refractivity contribution in [1.82, 2.24) is 4.57 Å². The van der Waals surface area contributed by atoms with E-state index in [1.54, 1.807) is 0 Å². The summed E-state index contributed by atoms with van der Waals surface area (Å²) in [5, 5.41) is 9.95. The minimum atomic E-state index is -0.385. The Labute approximate surface area is 490 Å². The van der Waals surface area contributed by atoms with Gasteiger partial charge in [-0.3, -0.25) is 0 Å². The van der Waals surface area contributed by atoms with Crippen LogP contribution in [-0.4, -0.2) is 4.57 Å². The van der Waals surface area contributed by atoms with E-state index in [0.717, 1.165) is 22.6 Å². The minimum absolute atomic E-state index is 0.385. The number of thiophene rings is 1. The molecular formula is C81H50N2S. The van der Waals surface area contributed by atoms with Gasteiger partial charge >= 0.3 is 0 Å². The summed E-state index contributed by atoms with van der Waals surface area (Å²) in [6, 6.07) is 113. The average Bonchev–Trinajstić information content (AvgIpc) is 1.65. The van der Waals surface area contributed by atoms with E-state index in [1.165, 1.54) is 142 Å². The van der Waals surface area contributed by atoms with Gasteiger partial charge in [-0.25, -0.2) is 0 Å². The Hall–Kier alpha value is -10.6. The summed E-state index contributed by atoms with van der Waals surface area (Å²) >= 11 is 1.93. The van der Waals surface area contributed by atoms with Gasteiger partial charge in [0, 0.05) is 48.0 Å². The molecule has 0 aliphatic heterocycles. The maximum Gasteiger partial charge on any atom is 0.0725 e. The number of rotatable bonds is 7. The Morgan fingerprint density at radius 2 is 0.774 bits per heavy atom. The molecule has 0 radical (unpaired) electrons. The van der Waals surface area contributed by atoms with Crippen molar-refractivity contribution in [2.24, 2.45) is 0 Å². The average molecular weight is 1080 g/mol. The lowest BCUT2D eigenvalue weighted by Crippen LogP contribution is -2.25. The lowest BCUT2D eigenvalue weighted by atomic mass is 9.70. The first-order valence-electron chi connectivity index (χ1n) is 29.1. The van der Waals surface area contributed by atoms with Crippen molar-refractivity contribution in [2.75, 3.05) is 4.90 Å². The van der Waals surface area contributed by atoms with Gasteiger partial charge in [-0.15, -0.1) is 11.3 Å². The van der Waals surface area contributed by atoms with Crippen LogP contribution in [0, 0.1) is 0 Å². The maximum atomic E-state index is 2.56. The first kappa shape index (κ1) is 47.1. The number of para-hydroxylation sites is 1. The molecule has 1 spiro atoms. The second kappa shape index (κ2) is 18.2. The SMILES string of the molecule is c1ccc(-c2ccc(N(c3ccc(-c4cccc5ccccc45)cc3)c3ccc4c5ccccc5n(-c5cc6ccccc6c6sc7c(-c8ccc9c(c8)-c8ccccc8C98c9ccccc9-c9ccccc98)cccc7c56)c4c3)cc2)cc1. The van der Waals surface area contributed by atoms with Crippen LogP contribution in [0.5, 0.6) is 0 Å². The highest BCUT2D eigenvalue weighted by atomic mass is 32.1. The largest absolute Gasteiger partial charge is 0.310 e. The maximum absolute atomic E-state index is 2.56. The third-order valence-electron chi connectivity index (χ3n) is 18.4. The molecule has 16 aromatic rings. The molecule has 0 amide bonds. The fourth-order valence-corrected chi connectivity index (χ4v) is 16.2. The number of aromatic nitrogens is 1. The van der Waals surface area contributed by atoms with Crippen LogP contribution in [0.4, 0.5) is 17.1 Å². The number of hydrogen-bond donors (Lipinski definition) is 0. The van der Waals surface area contributed by atoms with E-state index in [1.807, 2.05) is 11.3 Å². The summed E-state index contributed by atoms with van der Waals surface area (Å²) in [4.78, 5) is 2.42. The van der Waals surface area contributed by atoms with Gasteiger partial charge in [0.25, 0.3) is 0 Å². The molecule has 0 unspecified atom stereocenters. The fourth-order valence-electron chi connectivity index (χ4n) is 14.8. The lowest BCUT2D eigenvalue weighted by Gasteiger charge is -2.30. The van der Waals surface area contributed by atoms with E-state index >= 15 is 0 Å². The Balaban J connectivity index is 0.834. The second-order valence-electron chi connectivity index (χ2n) is 22.6. The predicted molar refractivity (Wildman–Crippen MR) is 356 cm³/mol. The van der Waals surface area contributed by atoms with Crippen LogP contribution in [0.2, 0.25) is 0 Å². The van der Waals surface area contributed by atoms with E-state index < -0.39 is 0 Å². The van der Waals surface area contributed by atoms with Gasteiger partial charge in [-0.1, -0.05) is 249 Å². The summed E-state index contributed by atoms with van der Waals surface area (Å²) < 4.78 is 5.15. The number of fused-ring (bicyclic) bond motifs is 19. The van der Waals surface area contributed by atoms with E-state index in [2.05, 4.69) is 313 Å². The van der Waals surface area contributed by atoms with Crippen LogP contribution < -0.4 is 4.90 Å². The first-order valence-corrected chi connectivity index (χ1v) is 29.9. The van der Waals surface area contributed by atoms with E-state index in [0.29, 0.717) is 0 Å². The van der Waals surface area contributed by atoms with Gasteiger partial charge in [0.05, 0.1) is 22.1 Å². The van der Waals surface area contributed by atoms with Crippen molar-refractivity contribution < 1.29 is 0 Å². The highest BCUT2D eigenvalue weighted by Crippen LogP contribution is 2.63. The number of nitrogens with zero attached hydrogens (tertiary/aromatic N) is 2. The normalized spacial score (nSPS) is 12.9. The number of benzene rings is 14. The number of hydrogen-bond acceptors (Lipinski definition) is 2. The summed E-state index contributed by atoms with van der Waals surface area (Å²) in [6.45, 7) is 0. The summed E-state index contributed by atoms with van der Waals surface area (Å²) in [5.74, 6) is 0. The monoisotopic (exact) mass is 1080 g/mol. The predicted octanol–water partition coefficient (Wildman–Crippen LogP) is 22.3. The highest BCUT2D eigenvalue weighted by Gasteiger charge is 2.51. The van der Waals surface area contributed by atoms with Crippen molar-refractivity contribution in [2.45, 2.75) is 5.41 Å². The smallest absolute Gasteiger partial charge is 0.0725 e. The Morgan fingerprint density at radius 1 is 0.274 bits per heavy atom. The molecule has 0 N–H and O–H groups in total. The van der Waals surface area contributed by atoms with Crippen molar-refractivity contribution in [1.29, 1.82) is 0 Å². The summed E-state index contributed by atoms with van der Waals surface area (Å²) in [7, 11) is 0. The molecular weight excluding hydrogens is 1030 g/mol. The Kier molecular flexibility index (Phi) is 10.2. The molecule has 2 heterocycles. The first-order chi connectivity index (χ1) is 41.7. The van der Waals surface area contributed by atoms with Crippen LogP contribution >= 0.6 is 11.3 Å². The molecule has 14 aromatic carbocycles. The molecule has 0 saturated heterocycles. The van der Waals surface area contributed by atoms with Gasteiger partial charge in [-0.05, 0) is 154 Å². The molecule has 0 saturated carbocycles. The Morgan fingerprint density at radius 3 is 1.51 bits per heavy atom. The van der Waals surface area contributed by atoms with Gasteiger partial charge in [-0.2, -0.15) is 0 Å². The highest BCUT2D eigenvalue weighted by molar-refractivity contribution is 7.27. The summed E-state index contributed by atoms with van der Waals surface area (Å²) in [5.41, 5.74) is 24.4. The molecule has 0 fully saturated rings. The molecule has 0 bridgehead atoms. The molecule has 2 aliphatic carbocycles. The van der Waals surface area contributed by atoms with Gasteiger partial charge in [0.1, 0.15) is 0 Å². The van der Waals surface area contributed by atoms with Gasteiger partial charge < -0.3 is 9.47 Å². The molecule has 2 aliphatic rings. The third-order valence-corrected chi connectivity index (χ3v) is 19.7. The van der Waals surface area contributed by atoms with E-state index in [4.69, 9.17) is 0 Å². The van der Waals surface area contributed by atoms with Crippen molar-refractivity contribution in [3.05, 3.63) is 326 Å². The Bertz CT molecular complexity index is 5320. The molecule has 84 heavy (non-hydrogen) atoms. The minimum Gasteiger partial charge on any atom is -0.310 e. The summed E-state index contributed by atoms with van der Waals surface area (Å²) in [6.07, 6.45) is 0. The van der Waals surface area contributed by atoms with Crippen LogP contribution in [-0.2, 0) is 5.41 Å². The molecule has 2 aromatic heterocycles. The van der Waals surface area contributed by atoms with Crippen LogP contribution in [0.1, 0.15) is 22.3 Å². The lowest BCUT2D eigenvalue weighted by molar-refractivity contribution is 0.794. The van der Waals surface area contributed by atoms with Gasteiger partial charge in [0.15, 0.2) is 0 Å². The quantitative estimate of drug-likeness (QED) is 0.154. The van der Waals surface area contributed by atoms with Crippen molar-refractivity contribution in [3.63, 3.8) is 0 Å². The van der Waals surface area contributed by atoms with E-state index in [9.17, 15) is 0 Å². The topological polar surface area (TPSA) is 8.17 Å². The van der Waals surface area contributed by atoms with E-state index in [-0.39, 0.29) is 5.41 Å². The van der Waals surface area contributed by atoms with Crippen molar-refractivity contribution in [3.8, 4) is 61.3 Å². The zero-order chi connectivity index (χ0) is 55.0. The fraction of sp³-hybridized carbons (Fsp3) is 0.0123.